The van der Waals surface area contributed by atoms with Gasteiger partial charge in [0, 0.05) is 12.1 Å². The highest BCUT2D eigenvalue weighted by atomic mass is 16.1. The molecule has 0 aromatic heterocycles. The van der Waals surface area contributed by atoms with E-state index >= 15 is 0 Å². The highest BCUT2D eigenvalue weighted by molar-refractivity contribution is 5.90. The van der Waals surface area contributed by atoms with Gasteiger partial charge in [0.1, 0.15) is 0 Å². The van der Waals surface area contributed by atoms with Crippen molar-refractivity contribution in [1.82, 2.24) is 0 Å². The predicted molar refractivity (Wildman–Crippen MR) is 88.3 cm³/mol. The standard InChI is InChI=1S/C18H28N2O/c1-13(2)14(10-11-19)7-9-18(21)20-17-8-6-15-4-3-5-16(15)12-17/h6,8,12-14H,3-5,7,9-11,19H2,1-2H3,(H,20,21). The lowest BCUT2D eigenvalue weighted by atomic mass is 9.88. The fourth-order valence-electron chi connectivity index (χ4n) is 3.21. The molecule has 1 amide bonds. The Labute approximate surface area is 128 Å². The fourth-order valence-corrected chi connectivity index (χ4v) is 3.21. The Balaban J connectivity index is 1.84. The number of fused-ring (bicyclic) bond motifs is 1. The number of amides is 1. The van der Waals surface area contributed by atoms with E-state index in [-0.39, 0.29) is 5.91 Å². The molecule has 1 aromatic rings. The first kappa shape index (κ1) is 16.0. The Bertz CT molecular complexity index is 482. The minimum Gasteiger partial charge on any atom is -0.330 e. The van der Waals surface area contributed by atoms with Gasteiger partial charge in [-0.15, -0.1) is 0 Å². The summed E-state index contributed by atoms with van der Waals surface area (Å²) < 4.78 is 0. The summed E-state index contributed by atoms with van der Waals surface area (Å²) in [6.45, 7) is 5.12. The number of aryl methyl sites for hydroxylation is 2. The molecule has 1 aliphatic carbocycles. The molecule has 0 spiro atoms. The first-order valence-electron chi connectivity index (χ1n) is 8.22. The van der Waals surface area contributed by atoms with Crippen LogP contribution >= 0.6 is 0 Å². The van der Waals surface area contributed by atoms with Gasteiger partial charge in [-0.25, -0.2) is 0 Å². The van der Waals surface area contributed by atoms with Gasteiger partial charge < -0.3 is 11.1 Å². The van der Waals surface area contributed by atoms with Gasteiger partial charge in [-0.2, -0.15) is 0 Å². The Morgan fingerprint density at radius 3 is 2.71 bits per heavy atom. The summed E-state index contributed by atoms with van der Waals surface area (Å²) in [7, 11) is 0. The van der Waals surface area contributed by atoms with Crippen LogP contribution in [0.25, 0.3) is 0 Å². The van der Waals surface area contributed by atoms with E-state index in [1.165, 1.54) is 24.0 Å². The van der Waals surface area contributed by atoms with Crippen LogP contribution in [0.2, 0.25) is 0 Å². The number of nitrogens with two attached hydrogens (primary N) is 1. The molecule has 0 aliphatic heterocycles. The Kier molecular flexibility index (Phi) is 5.80. The van der Waals surface area contributed by atoms with Gasteiger partial charge in [-0.05, 0) is 73.7 Å². The third-order valence-electron chi connectivity index (χ3n) is 4.60. The number of nitrogens with one attached hydrogen (secondary N) is 1. The molecule has 3 N–H and O–H groups in total. The summed E-state index contributed by atoms with van der Waals surface area (Å²) in [5.74, 6) is 1.25. The lowest BCUT2D eigenvalue weighted by Crippen LogP contribution is -2.18. The van der Waals surface area contributed by atoms with E-state index in [0.29, 0.717) is 24.8 Å². The number of carbonyl (C=O) groups excluding carboxylic acids is 1. The third-order valence-corrected chi connectivity index (χ3v) is 4.60. The van der Waals surface area contributed by atoms with Crippen molar-refractivity contribution in [3.8, 4) is 0 Å². The van der Waals surface area contributed by atoms with Crippen LogP contribution in [-0.2, 0) is 17.6 Å². The number of hydrogen-bond donors (Lipinski definition) is 2. The molecule has 2 rings (SSSR count). The van der Waals surface area contributed by atoms with Crippen LogP contribution in [0.3, 0.4) is 0 Å². The summed E-state index contributed by atoms with van der Waals surface area (Å²) in [5, 5.41) is 3.04. The van der Waals surface area contributed by atoms with E-state index in [1.807, 2.05) is 6.07 Å². The van der Waals surface area contributed by atoms with E-state index in [2.05, 4.69) is 31.3 Å². The van der Waals surface area contributed by atoms with Gasteiger partial charge in [0.25, 0.3) is 0 Å². The number of benzene rings is 1. The van der Waals surface area contributed by atoms with E-state index < -0.39 is 0 Å². The molecule has 0 bridgehead atoms. The highest BCUT2D eigenvalue weighted by Gasteiger charge is 2.15. The molecule has 0 saturated heterocycles. The number of carbonyl (C=O) groups is 1. The topological polar surface area (TPSA) is 55.1 Å². The summed E-state index contributed by atoms with van der Waals surface area (Å²) in [4.78, 5) is 12.1. The normalized spacial score (nSPS) is 15.0. The molecule has 3 nitrogen and oxygen atoms in total. The Hall–Kier alpha value is -1.35. The van der Waals surface area contributed by atoms with Gasteiger partial charge in [0.15, 0.2) is 0 Å². The lowest BCUT2D eigenvalue weighted by Gasteiger charge is -2.19. The first-order chi connectivity index (χ1) is 10.1. The van der Waals surface area contributed by atoms with Crippen molar-refractivity contribution in [1.29, 1.82) is 0 Å². The maximum atomic E-state index is 12.1. The zero-order valence-electron chi connectivity index (χ0n) is 13.3. The number of rotatable bonds is 7. The van der Waals surface area contributed by atoms with E-state index in [1.54, 1.807) is 0 Å². The fraction of sp³-hybridized carbons (Fsp3) is 0.611. The average Bonchev–Trinajstić information content (AvgIpc) is 2.90. The van der Waals surface area contributed by atoms with Gasteiger partial charge >= 0.3 is 0 Å². The van der Waals surface area contributed by atoms with Gasteiger partial charge in [0.2, 0.25) is 5.91 Å². The van der Waals surface area contributed by atoms with Crippen molar-refractivity contribution < 1.29 is 4.79 Å². The van der Waals surface area contributed by atoms with Crippen molar-refractivity contribution in [2.45, 2.75) is 52.4 Å². The van der Waals surface area contributed by atoms with Gasteiger partial charge in [-0.3, -0.25) is 4.79 Å². The summed E-state index contributed by atoms with van der Waals surface area (Å²) >= 11 is 0. The molecule has 1 atom stereocenters. The van der Waals surface area contributed by atoms with E-state index in [4.69, 9.17) is 5.73 Å². The minimum absolute atomic E-state index is 0.121. The summed E-state index contributed by atoms with van der Waals surface area (Å²) in [6, 6.07) is 6.32. The first-order valence-corrected chi connectivity index (χ1v) is 8.22. The van der Waals surface area contributed by atoms with Crippen LogP contribution in [0.4, 0.5) is 5.69 Å². The molecule has 1 aliphatic rings. The molecule has 21 heavy (non-hydrogen) atoms. The van der Waals surface area contributed by atoms with Gasteiger partial charge in [-0.1, -0.05) is 19.9 Å². The van der Waals surface area contributed by atoms with Gasteiger partial charge in [0.05, 0.1) is 0 Å². The second kappa shape index (κ2) is 7.60. The van der Waals surface area contributed by atoms with Crippen LogP contribution in [0, 0.1) is 11.8 Å². The predicted octanol–water partition coefficient (Wildman–Crippen LogP) is 3.52. The molecule has 116 valence electrons. The van der Waals surface area contributed by atoms with E-state index in [9.17, 15) is 4.79 Å². The monoisotopic (exact) mass is 288 g/mol. The SMILES string of the molecule is CC(C)C(CCN)CCC(=O)Nc1ccc2c(c1)CCC2. The van der Waals surface area contributed by atoms with Crippen LogP contribution in [0.5, 0.6) is 0 Å². The van der Waals surface area contributed by atoms with Crippen LogP contribution in [0.15, 0.2) is 18.2 Å². The quantitative estimate of drug-likeness (QED) is 0.806. The van der Waals surface area contributed by atoms with Crippen molar-refractivity contribution in [3.05, 3.63) is 29.3 Å². The number of hydrogen-bond acceptors (Lipinski definition) is 2. The molecule has 0 saturated carbocycles. The minimum atomic E-state index is 0.121. The zero-order valence-corrected chi connectivity index (χ0v) is 13.3. The molecule has 3 heteroatoms. The van der Waals surface area contributed by atoms with E-state index in [0.717, 1.165) is 24.9 Å². The molecule has 0 fully saturated rings. The maximum absolute atomic E-state index is 12.1. The molecule has 0 radical (unpaired) electrons. The maximum Gasteiger partial charge on any atom is 0.224 e. The second-order valence-corrected chi connectivity index (χ2v) is 6.51. The Morgan fingerprint density at radius 1 is 1.24 bits per heavy atom. The summed E-state index contributed by atoms with van der Waals surface area (Å²) in [5.41, 5.74) is 9.43. The molecular formula is C18H28N2O. The number of anilines is 1. The zero-order chi connectivity index (χ0) is 15.2. The molecule has 0 heterocycles. The Morgan fingerprint density at radius 2 is 2.00 bits per heavy atom. The third kappa shape index (κ3) is 4.57. The summed E-state index contributed by atoms with van der Waals surface area (Å²) in [6.07, 6.45) is 6.07. The molecular weight excluding hydrogens is 260 g/mol. The smallest absolute Gasteiger partial charge is 0.224 e. The molecule has 1 unspecified atom stereocenters. The van der Waals surface area contributed by atoms with Crippen LogP contribution < -0.4 is 11.1 Å². The van der Waals surface area contributed by atoms with Crippen molar-refractivity contribution in [3.63, 3.8) is 0 Å². The second-order valence-electron chi connectivity index (χ2n) is 6.51. The van der Waals surface area contributed by atoms with Crippen molar-refractivity contribution in [2.24, 2.45) is 17.6 Å². The molecule has 1 aromatic carbocycles. The highest BCUT2D eigenvalue weighted by Crippen LogP contribution is 2.25. The average molecular weight is 288 g/mol. The van der Waals surface area contributed by atoms with Crippen molar-refractivity contribution in [2.75, 3.05) is 11.9 Å². The largest absolute Gasteiger partial charge is 0.330 e. The van der Waals surface area contributed by atoms with Crippen LogP contribution in [0.1, 0.15) is 50.7 Å². The van der Waals surface area contributed by atoms with Crippen molar-refractivity contribution >= 4 is 11.6 Å². The lowest BCUT2D eigenvalue weighted by molar-refractivity contribution is -0.116. The van der Waals surface area contributed by atoms with Crippen LogP contribution in [-0.4, -0.2) is 12.5 Å².